The van der Waals surface area contributed by atoms with Crippen LogP contribution in [0.15, 0.2) is 40.2 Å². The van der Waals surface area contributed by atoms with E-state index >= 15 is 0 Å². The van der Waals surface area contributed by atoms with Crippen molar-refractivity contribution in [2.75, 3.05) is 0 Å². The van der Waals surface area contributed by atoms with E-state index in [2.05, 4.69) is 36.3 Å². The summed E-state index contributed by atoms with van der Waals surface area (Å²) in [5.41, 5.74) is 1.77. The van der Waals surface area contributed by atoms with Crippen LogP contribution in [0.5, 0.6) is 0 Å². The monoisotopic (exact) mass is 425 g/mol. The Morgan fingerprint density at radius 2 is 1.68 bits per heavy atom. The Balaban J connectivity index is 1.87. The zero-order chi connectivity index (χ0) is 22.9. The third-order valence-electron chi connectivity index (χ3n) is 5.96. The van der Waals surface area contributed by atoms with E-state index in [0.717, 1.165) is 16.6 Å². The number of nitrogens with zero attached hydrogens (tertiary/aromatic N) is 4. The largest absolute Gasteiger partial charge is 0.347 e. The number of imidazole rings is 1. The SMILES string of the molecule is CC[C@H](C)c1ccc([C@H](NC(=O)Cn2c(=O)c3c(ncn3C)n(C)c2=O)C(C)C)cc1. The van der Waals surface area contributed by atoms with Crippen LogP contribution in [0.25, 0.3) is 11.2 Å². The topological polar surface area (TPSA) is 90.9 Å². The quantitative estimate of drug-likeness (QED) is 0.630. The van der Waals surface area contributed by atoms with Crippen molar-refractivity contribution in [3.63, 3.8) is 0 Å². The van der Waals surface area contributed by atoms with Gasteiger partial charge in [0.2, 0.25) is 5.91 Å². The first kappa shape index (κ1) is 22.5. The lowest BCUT2D eigenvalue weighted by Crippen LogP contribution is -2.44. The highest BCUT2D eigenvalue weighted by Crippen LogP contribution is 2.25. The van der Waals surface area contributed by atoms with Crippen molar-refractivity contribution in [2.45, 2.75) is 52.6 Å². The minimum absolute atomic E-state index is 0.137. The molecule has 0 aliphatic carbocycles. The first-order valence-corrected chi connectivity index (χ1v) is 10.7. The highest BCUT2D eigenvalue weighted by molar-refractivity contribution is 5.77. The Morgan fingerprint density at radius 1 is 1.06 bits per heavy atom. The van der Waals surface area contributed by atoms with Crippen LogP contribution in [0, 0.1) is 5.92 Å². The molecule has 166 valence electrons. The van der Waals surface area contributed by atoms with E-state index in [0.29, 0.717) is 11.6 Å². The van der Waals surface area contributed by atoms with Crippen molar-refractivity contribution in [1.82, 2.24) is 24.0 Å². The molecule has 0 aliphatic heterocycles. The number of rotatable bonds is 7. The Kier molecular flexibility index (Phi) is 6.48. The molecule has 8 heteroatoms. The van der Waals surface area contributed by atoms with Gasteiger partial charge in [-0.1, -0.05) is 52.0 Å². The van der Waals surface area contributed by atoms with Crippen molar-refractivity contribution in [3.05, 3.63) is 62.6 Å². The molecule has 0 fully saturated rings. The molecule has 0 saturated carbocycles. The number of amides is 1. The lowest BCUT2D eigenvalue weighted by Gasteiger charge is -2.24. The standard InChI is InChI=1S/C23H31N5O3/c1-7-15(4)16-8-10-17(11-9-16)19(14(2)3)25-18(29)12-28-22(30)20-21(24-13-26(20)5)27(6)23(28)31/h8-11,13-15,19H,7,12H2,1-6H3,(H,25,29)/t15-,19+/m0/s1. The molecule has 0 unspecified atom stereocenters. The molecule has 1 N–H and O–H groups in total. The molecule has 3 aromatic rings. The molecule has 3 rings (SSSR count). The molecule has 2 atom stereocenters. The van der Waals surface area contributed by atoms with Crippen LogP contribution in [0.1, 0.15) is 57.2 Å². The number of carbonyl (C=O) groups is 1. The smallest absolute Gasteiger partial charge is 0.332 e. The van der Waals surface area contributed by atoms with Crippen LogP contribution in [0.3, 0.4) is 0 Å². The highest BCUT2D eigenvalue weighted by atomic mass is 16.2. The van der Waals surface area contributed by atoms with E-state index < -0.39 is 11.2 Å². The number of hydrogen-bond donors (Lipinski definition) is 1. The van der Waals surface area contributed by atoms with Crippen LogP contribution < -0.4 is 16.6 Å². The maximum absolute atomic E-state index is 12.9. The van der Waals surface area contributed by atoms with Gasteiger partial charge in [0.05, 0.1) is 12.4 Å². The third-order valence-corrected chi connectivity index (χ3v) is 5.96. The second kappa shape index (κ2) is 8.91. The second-order valence-electron chi connectivity index (χ2n) is 8.53. The van der Waals surface area contributed by atoms with Crippen LogP contribution in [0.4, 0.5) is 0 Å². The lowest BCUT2D eigenvalue weighted by molar-refractivity contribution is -0.122. The average Bonchev–Trinajstić information content (AvgIpc) is 3.14. The molecule has 0 aliphatic rings. The summed E-state index contributed by atoms with van der Waals surface area (Å²) in [4.78, 5) is 42.5. The summed E-state index contributed by atoms with van der Waals surface area (Å²) in [6.07, 6.45) is 2.54. The van der Waals surface area contributed by atoms with Gasteiger partial charge in [0, 0.05) is 14.1 Å². The number of nitrogens with one attached hydrogen (secondary N) is 1. The fraction of sp³-hybridized carbons (Fsp3) is 0.478. The van der Waals surface area contributed by atoms with Crippen molar-refractivity contribution >= 4 is 17.1 Å². The van der Waals surface area contributed by atoms with Gasteiger partial charge in [-0.3, -0.25) is 14.2 Å². The van der Waals surface area contributed by atoms with E-state index in [9.17, 15) is 14.4 Å². The molecular weight excluding hydrogens is 394 g/mol. The molecule has 0 bridgehead atoms. The van der Waals surface area contributed by atoms with Gasteiger partial charge in [-0.2, -0.15) is 0 Å². The average molecular weight is 426 g/mol. The Morgan fingerprint density at radius 3 is 2.26 bits per heavy atom. The predicted molar refractivity (Wildman–Crippen MR) is 121 cm³/mol. The molecule has 1 aromatic carbocycles. The maximum Gasteiger partial charge on any atom is 0.332 e. The Hall–Kier alpha value is -3.16. The molecule has 31 heavy (non-hydrogen) atoms. The minimum atomic E-state index is -0.564. The zero-order valence-corrected chi connectivity index (χ0v) is 19.0. The fourth-order valence-corrected chi connectivity index (χ4v) is 3.80. The van der Waals surface area contributed by atoms with Gasteiger partial charge in [0.25, 0.3) is 5.56 Å². The van der Waals surface area contributed by atoms with Gasteiger partial charge < -0.3 is 9.88 Å². The maximum atomic E-state index is 12.9. The molecule has 2 aromatic heterocycles. The van der Waals surface area contributed by atoms with E-state index in [4.69, 9.17) is 0 Å². The Bertz CT molecular complexity index is 1200. The molecule has 8 nitrogen and oxygen atoms in total. The van der Waals surface area contributed by atoms with Gasteiger partial charge in [-0.05, 0) is 29.4 Å². The molecule has 0 radical (unpaired) electrons. The van der Waals surface area contributed by atoms with Gasteiger partial charge in [-0.25, -0.2) is 14.3 Å². The number of aryl methyl sites for hydroxylation is 2. The number of fused-ring (bicyclic) bond motifs is 1. The van der Waals surface area contributed by atoms with Gasteiger partial charge in [0.1, 0.15) is 6.54 Å². The van der Waals surface area contributed by atoms with E-state index in [1.54, 1.807) is 18.7 Å². The third kappa shape index (κ3) is 4.33. The molecular formula is C23H31N5O3. The molecule has 1 amide bonds. The van der Waals surface area contributed by atoms with Crippen molar-refractivity contribution in [3.8, 4) is 0 Å². The predicted octanol–water partition coefficient (Wildman–Crippen LogP) is 2.46. The van der Waals surface area contributed by atoms with Gasteiger partial charge in [-0.15, -0.1) is 0 Å². The van der Waals surface area contributed by atoms with Crippen LogP contribution in [0.2, 0.25) is 0 Å². The summed E-state index contributed by atoms with van der Waals surface area (Å²) in [7, 11) is 3.23. The van der Waals surface area contributed by atoms with Crippen LogP contribution in [-0.2, 0) is 25.4 Å². The zero-order valence-electron chi connectivity index (χ0n) is 19.0. The minimum Gasteiger partial charge on any atom is -0.347 e. The number of hydrogen-bond acceptors (Lipinski definition) is 4. The molecule has 0 spiro atoms. The molecule has 2 heterocycles. The van der Waals surface area contributed by atoms with Crippen LogP contribution >= 0.6 is 0 Å². The normalized spacial score (nSPS) is 13.5. The van der Waals surface area contributed by atoms with Gasteiger partial charge in [0.15, 0.2) is 11.2 Å². The summed E-state index contributed by atoms with van der Waals surface area (Å²) >= 11 is 0. The summed E-state index contributed by atoms with van der Waals surface area (Å²) < 4.78 is 3.81. The summed E-state index contributed by atoms with van der Waals surface area (Å²) in [5, 5.41) is 3.01. The van der Waals surface area contributed by atoms with E-state index in [-0.39, 0.29) is 29.9 Å². The lowest BCUT2D eigenvalue weighted by atomic mass is 9.92. The van der Waals surface area contributed by atoms with Crippen LogP contribution in [-0.4, -0.2) is 24.6 Å². The van der Waals surface area contributed by atoms with Crippen molar-refractivity contribution < 1.29 is 4.79 Å². The van der Waals surface area contributed by atoms with E-state index in [1.807, 2.05) is 26.0 Å². The number of carbonyl (C=O) groups excluding carboxylic acids is 1. The number of benzene rings is 1. The van der Waals surface area contributed by atoms with E-state index in [1.165, 1.54) is 16.5 Å². The van der Waals surface area contributed by atoms with Gasteiger partial charge >= 0.3 is 5.69 Å². The van der Waals surface area contributed by atoms with Crippen molar-refractivity contribution in [2.24, 2.45) is 20.0 Å². The first-order chi connectivity index (χ1) is 14.6. The number of aromatic nitrogens is 4. The summed E-state index contributed by atoms with van der Waals surface area (Å²) in [6.45, 7) is 8.06. The summed E-state index contributed by atoms with van der Waals surface area (Å²) in [6, 6.07) is 8.06. The van der Waals surface area contributed by atoms with Crippen molar-refractivity contribution in [1.29, 1.82) is 0 Å². The highest BCUT2D eigenvalue weighted by Gasteiger charge is 2.21. The summed E-state index contributed by atoms with van der Waals surface area (Å²) in [5.74, 6) is 0.231. The second-order valence-corrected chi connectivity index (χ2v) is 8.53. The first-order valence-electron chi connectivity index (χ1n) is 10.7. The fourth-order valence-electron chi connectivity index (χ4n) is 3.80. The Labute approximate surface area is 181 Å². The molecule has 0 saturated heterocycles.